The van der Waals surface area contributed by atoms with Crippen molar-refractivity contribution in [3.05, 3.63) is 102 Å². The first kappa shape index (κ1) is 22.4. The summed E-state index contributed by atoms with van der Waals surface area (Å²) in [4.78, 5) is 13.0. The molecule has 4 rings (SSSR count). The Morgan fingerprint density at radius 2 is 1.24 bits per heavy atom. The van der Waals surface area contributed by atoms with Gasteiger partial charge in [-0.25, -0.2) is 4.79 Å². The van der Waals surface area contributed by atoms with Crippen LogP contribution < -0.4 is 20.5 Å². The number of para-hydroxylation sites is 1. The van der Waals surface area contributed by atoms with Gasteiger partial charge in [-0.2, -0.15) is 0 Å². The lowest BCUT2D eigenvalue weighted by Crippen LogP contribution is -2.24. The summed E-state index contributed by atoms with van der Waals surface area (Å²) in [5.74, 6) is 2.24. The number of hydrogen-bond donors (Lipinski definition) is 1. The molecular formula is C26H27N3O4. The van der Waals surface area contributed by atoms with E-state index in [-0.39, 0.29) is 5.69 Å². The largest absolute Gasteiger partial charge is 0.492 e. The van der Waals surface area contributed by atoms with Gasteiger partial charge in [0.2, 0.25) is 0 Å². The first-order valence-electron chi connectivity index (χ1n) is 10.8. The highest BCUT2D eigenvalue weighted by atomic mass is 16.5. The molecule has 1 aromatic heterocycles. The zero-order valence-corrected chi connectivity index (χ0v) is 18.5. The number of imidazole rings is 1. The third-order valence-corrected chi connectivity index (χ3v) is 5.02. The minimum absolute atomic E-state index is 0.150. The van der Waals surface area contributed by atoms with Crippen molar-refractivity contribution < 1.29 is 14.2 Å². The lowest BCUT2D eigenvalue weighted by Gasteiger charge is -2.09. The van der Waals surface area contributed by atoms with Gasteiger partial charge in [-0.1, -0.05) is 18.2 Å². The monoisotopic (exact) mass is 445 g/mol. The molecule has 0 saturated heterocycles. The minimum atomic E-state index is -0.150. The van der Waals surface area contributed by atoms with Crippen LogP contribution >= 0.6 is 0 Å². The summed E-state index contributed by atoms with van der Waals surface area (Å²) in [6.07, 6.45) is 3.51. The van der Waals surface area contributed by atoms with Crippen molar-refractivity contribution in [1.29, 1.82) is 0 Å². The molecule has 0 saturated carbocycles. The highest BCUT2D eigenvalue weighted by molar-refractivity contribution is 5.41. The lowest BCUT2D eigenvalue weighted by atomic mass is 10.3. The maximum atomic E-state index is 13.0. The van der Waals surface area contributed by atoms with Crippen molar-refractivity contribution in [2.24, 2.45) is 0 Å². The van der Waals surface area contributed by atoms with Crippen LogP contribution in [0.4, 0.5) is 0 Å². The van der Waals surface area contributed by atoms with E-state index < -0.39 is 0 Å². The molecule has 3 aromatic carbocycles. The molecule has 0 spiro atoms. The number of nitrogens with one attached hydrogen (secondary N) is 1. The Balaban J connectivity index is 1.39. The summed E-state index contributed by atoms with van der Waals surface area (Å²) in [5.41, 5.74) is 1.39. The van der Waals surface area contributed by atoms with Crippen LogP contribution in [0.1, 0.15) is 0 Å². The molecule has 0 aliphatic carbocycles. The Labute approximate surface area is 192 Å². The highest BCUT2D eigenvalue weighted by Crippen LogP contribution is 2.22. The zero-order chi connectivity index (χ0) is 22.9. The number of ether oxygens (including phenoxy) is 3. The molecule has 1 N–H and O–H groups in total. The summed E-state index contributed by atoms with van der Waals surface area (Å²) in [7, 11) is 1.68. The molecule has 0 bridgehead atoms. The molecular weight excluding hydrogens is 418 g/mol. The van der Waals surface area contributed by atoms with E-state index in [1.54, 1.807) is 28.6 Å². The van der Waals surface area contributed by atoms with E-state index >= 15 is 0 Å². The third kappa shape index (κ3) is 5.91. The van der Waals surface area contributed by atoms with Crippen molar-refractivity contribution in [3.63, 3.8) is 0 Å². The molecule has 0 fully saturated rings. The molecule has 0 aliphatic rings. The van der Waals surface area contributed by atoms with Gasteiger partial charge in [0.05, 0.1) is 18.0 Å². The summed E-state index contributed by atoms with van der Waals surface area (Å²) >= 11 is 0. The number of rotatable bonds is 11. The third-order valence-electron chi connectivity index (χ3n) is 5.02. The van der Waals surface area contributed by atoms with Crippen molar-refractivity contribution in [2.45, 2.75) is 0 Å². The average molecular weight is 446 g/mol. The Kier molecular flexibility index (Phi) is 7.58. The number of methoxy groups -OCH3 is 1. The lowest BCUT2D eigenvalue weighted by molar-refractivity contribution is 0.197. The van der Waals surface area contributed by atoms with Crippen molar-refractivity contribution in [2.75, 3.05) is 33.4 Å². The first-order chi connectivity index (χ1) is 16.2. The van der Waals surface area contributed by atoms with E-state index in [1.165, 1.54) is 0 Å². The fraction of sp³-hybridized carbons (Fsp3) is 0.192. The van der Waals surface area contributed by atoms with Crippen LogP contribution in [0.2, 0.25) is 0 Å². The van der Waals surface area contributed by atoms with Gasteiger partial charge in [0.15, 0.2) is 0 Å². The van der Waals surface area contributed by atoms with Crippen LogP contribution in [0.15, 0.2) is 96.1 Å². The van der Waals surface area contributed by atoms with Gasteiger partial charge >= 0.3 is 5.69 Å². The van der Waals surface area contributed by atoms with Gasteiger partial charge in [-0.3, -0.25) is 9.13 Å². The Bertz CT molecular complexity index is 1180. The topological polar surface area (TPSA) is 66.7 Å². The normalized spacial score (nSPS) is 10.8. The van der Waals surface area contributed by atoms with Crippen LogP contribution in [-0.4, -0.2) is 42.5 Å². The van der Waals surface area contributed by atoms with Crippen LogP contribution in [0, 0.1) is 0 Å². The van der Waals surface area contributed by atoms with Crippen LogP contribution in [-0.2, 0) is 4.74 Å². The maximum Gasteiger partial charge on any atom is 0.337 e. The minimum Gasteiger partial charge on any atom is -0.492 e. The maximum absolute atomic E-state index is 13.0. The van der Waals surface area contributed by atoms with E-state index in [1.807, 2.05) is 78.9 Å². The van der Waals surface area contributed by atoms with Gasteiger partial charge in [0.1, 0.15) is 23.9 Å². The van der Waals surface area contributed by atoms with Crippen LogP contribution in [0.3, 0.4) is 0 Å². The van der Waals surface area contributed by atoms with Gasteiger partial charge in [-0.15, -0.1) is 0 Å². The van der Waals surface area contributed by atoms with Crippen molar-refractivity contribution in [3.8, 4) is 28.6 Å². The molecule has 0 aliphatic heterocycles. The Morgan fingerprint density at radius 3 is 1.85 bits per heavy atom. The molecule has 0 radical (unpaired) electrons. The molecule has 1 heterocycles. The number of benzene rings is 3. The van der Waals surface area contributed by atoms with E-state index in [0.717, 1.165) is 36.0 Å². The van der Waals surface area contributed by atoms with Crippen LogP contribution in [0.5, 0.6) is 17.2 Å². The second-order valence-electron chi connectivity index (χ2n) is 7.31. The Hall–Kier alpha value is -3.81. The quantitative estimate of drug-likeness (QED) is 0.353. The fourth-order valence-electron chi connectivity index (χ4n) is 3.31. The summed E-state index contributed by atoms with van der Waals surface area (Å²) in [5, 5.41) is 3.23. The molecule has 4 aromatic rings. The predicted octanol–water partition coefficient (Wildman–Crippen LogP) is 4.04. The molecule has 7 nitrogen and oxygen atoms in total. The van der Waals surface area contributed by atoms with Crippen LogP contribution in [0.25, 0.3) is 11.4 Å². The second kappa shape index (κ2) is 11.2. The molecule has 0 amide bonds. The summed E-state index contributed by atoms with van der Waals surface area (Å²) < 4.78 is 19.7. The fourth-order valence-corrected chi connectivity index (χ4v) is 3.31. The van der Waals surface area contributed by atoms with E-state index in [2.05, 4.69) is 5.32 Å². The summed E-state index contributed by atoms with van der Waals surface area (Å²) in [6, 6.07) is 24.5. The second-order valence-corrected chi connectivity index (χ2v) is 7.31. The SMILES string of the molecule is COCCNCCOc1ccc(-n2ccn(-c3ccc(Oc4ccccc4)cc3)c2=O)cc1. The predicted molar refractivity (Wildman–Crippen MR) is 128 cm³/mol. The van der Waals surface area contributed by atoms with E-state index in [4.69, 9.17) is 14.2 Å². The average Bonchev–Trinajstić information content (AvgIpc) is 3.24. The molecule has 33 heavy (non-hydrogen) atoms. The number of aromatic nitrogens is 2. The molecule has 0 atom stereocenters. The smallest absolute Gasteiger partial charge is 0.337 e. The number of hydrogen-bond acceptors (Lipinski definition) is 5. The molecule has 0 unspecified atom stereocenters. The Morgan fingerprint density at radius 1 is 0.697 bits per heavy atom. The van der Waals surface area contributed by atoms with Crippen molar-refractivity contribution >= 4 is 0 Å². The zero-order valence-electron chi connectivity index (χ0n) is 18.5. The van der Waals surface area contributed by atoms with E-state index in [0.29, 0.717) is 19.0 Å². The van der Waals surface area contributed by atoms with Crippen molar-refractivity contribution in [1.82, 2.24) is 14.5 Å². The summed E-state index contributed by atoms with van der Waals surface area (Å²) in [6.45, 7) is 2.77. The number of nitrogens with zero attached hydrogens (tertiary/aromatic N) is 2. The van der Waals surface area contributed by atoms with Gasteiger partial charge < -0.3 is 19.5 Å². The van der Waals surface area contributed by atoms with Gasteiger partial charge in [0, 0.05) is 32.6 Å². The molecule has 170 valence electrons. The van der Waals surface area contributed by atoms with Gasteiger partial charge in [0.25, 0.3) is 0 Å². The highest BCUT2D eigenvalue weighted by Gasteiger charge is 2.08. The van der Waals surface area contributed by atoms with E-state index in [9.17, 15) is 4.79 Å². The standard InChI is InChI=1S/C26H27N3O4/c1-31-19-15-27-16-20-32-23-11-7-21(8-12-23)28-17-18-29(26(28)30)22-9-13-25(14-10-22)33-24-5-3-2-4-6-24/h2-14,17-18,27H,15-16,19-20H2,1H3. The van der Waals surface area contributed by atoms with Gasteiger partial charge in [-0.05, 0) is 60.7 Å². The first-order valence-corrected chi connectivity index (χ1v) is 10.8. The molecule has 7 heteroatoms.